The van der Waals surface area contributed by atoms with Crippen LogP contribution in [0.2, 0.25) is 0 Å². The highest BCUT2D eigenvalue weighted by Gasteiger charge is 2.23. The molecule has 1 saturated heterocycles. The minimum absolute atomic E-state index is 0.120. The van der Waals surface area contributed by atoms with Crippen LogP contribution >= 0.6 is 11.8 Å². The lowest BCUT2D eigenvalue weighted by atomic mass is 10.0. The number of carbonyl (C=O) groups is 1. The van der Waals surface area contributed by atoms with Crippen molar-refractivity contribution in [2.24, 2.45) is 5.92 Å². The molecule has 3 heterocycles. The van der Waals surface area contributed by atoms with E-state index in [1.165, 1.54) is 18.2 Å². The maximum Gasteiger partial charge on any atom is 0.267 e. The summed E-state index contributed by atoms with van der Waals surface area (Å²) in [6, 6.07) is 15.2. The average Bonchev–Trinajstić information content (AvgIpc) is 3.22. The van der Waals surface area contributed by atoms with Crippen molar-refractivity contribution in [1.29, 1.82) is 0 Å². The smallest absolute Gasteiger partial charge is 0.267 e. The van der Waals surface area contributed by atoms with E-state index in [1.807, 2.05) is 64.8 Å². The Bertz CT molecular complexity index is 1380. The van der Waals surface area contributed by atoms with Gasteiger partial charge in [0.2, 0.25) is 11.7 Å². The van der Waals surface area contributed by atoms with E-state index in [-0.39, 0.29) is 11.5 Å². The van der Waals surface area contributed by atoms with E-state index in [9.17, 15) is 9.59 Å². The molecule has 0 bridgehead atoms. The predicted molar refractivity (Wildman–Crippen MR) is 127 cm³/mol. The maximum atomic E-state index is 13.4. The summed E-state index contributed by atoms with van der Waals surface area (Å²) in [5.74, 6) is 1.41. The Labute approximate surface area is 190 Å². The van der Waals surface area contributed by atoms with E-state index in [1.54, 1.807) is 4.57 Å². The molecule has 7 nitrogen and oxygen atoms in total. The molecule has 1 atom stereocenters. The Morgan fingerprint density at radius 3 is 2.72 bits per heavy atom. The lowest BCUT2D eigenvalue weighted by Gasteiger charge is -2.30. The fraction of sp³-hybridized carbons (Fsp3) is 0.333. The number of amides is 1. The summed E-state index contributed by atoms with van der Waals surface area (Å²) in [6.45, 7) is 5.79. The predicted octanol–water partition coefficient (Wildman–Crippen LogP) is 3.69. The second-order valence-electron chi connectivity index (χ2n) is 8.44. The van der Waals surface area contributed by atoms with Crippen LogP contribution in [-0.2, 0) is 4.79 Å². The second-order valence-corrected chi connectivity index (χ2v) is 9.38. The van der Waals surface area contributed by atoms with E-state index in [0.29, 0.717) is 28.0 Å². The zero-order valence-corrected chi connectivity index (χ0v) is 19.0. The molecule has 0 saturated carbocycles. The van der Waals surface area contributed by atoms with Gasteiger partial charge in [0, 0.05) is 13.1 Å². The van der Waals surface area contributed by atoms with Gasteiger partial charge in [0.15, 0.2) is 5.16 Å². The van der Waals surface area contributed by atoms with Gasteiger partial charge in [0.25, 0.3) is 5.56 Å². The fourth-order valence-electron chi connectivity index (χ4n) is 4.44. The van der Waals surface area contributed by atoms with Gasteiger partial charge in [0.05, 0.1) is 22.3 Å². The number of para-hydroxylation sites is 2. The topological polar surface area (TPSA) is 72.5 Å². The van der Waals surface area contributed by atoms with Gasteiger partial charge >= 0.3 is 0 Å². The molecule has 32 heavy (non-hydrogen) atoms. The van der Waals surface area contributed by atoms with Gasteiger partial charge in [-0.2, -0.15) is 0 Å². The molecule has 164 valence electrons. The summed E-state index contributed by atoms with van der Waals surface area (Å²) >= 11 is 1.37. The van der Waals surface area contributed by atoms with Gasteiger partial charge in [0.1, 0.15) is 0 Å². The molecule has 0 aliphatic carbocycles. The number of fused-ring (bicyclic) bond motifs is 3. The van der Waals surface area contributed by atoms with Crippen LogP contribution < -0.4 is 5.56 Å². The number of hydrogen-bond acceptors (Lipinski definition) is 5. The largest absolute Gasteiger partial charge is 0.342 e. The standard InChI is InChI=1S/C24H25N5O2S/c1-16-8-7-13-27(14-16)21(30)15-32-24-26-25-23-28(19-11-5-3-9-17(19)2)22(31)18-10-4-6-12-20(18)29(23)24/h3-6,9-12,16H,7-8,13-15H2,1-2H3. The normalized spacial score (nSPS) is 16.7. The van der Waals surface area contributed by atoms with Gasteiger partial charge < -0.3 is 4.90 Å². The molecule has 5 rings (SSSR count). The molecule has 2 aromatic heterocycles. The molecule has 4 aromatic rings. The third kappa shape index (κ3) is 3.58. The Morgan fingerprint density at radius 1 is 1.12 bits per heavy atom. The molecule has 2 aromatic carbocycles. The number of aromatic nitrogens is 4. The van der Waals surface area contributed by atoms with Crippen LogP contribution in [0.5, 0.6) is 0 Å². The molecule has 8 heteroatoms. The summed E-state index contributed by atoms with van der Waals surface area (Å²) in [4.78, 5) is 28.2. The summed E-state index contributed by atoms with van der Waals surface area (Å²) in [5.41, 5.74) is 2.35. The number of carbonyl (C=O) groups excluding carboxylic acids is 1. The molecule has 0 spiro atoms. The summed E-state index contributed by atoms with van der Waals surface area (Å²) < 4.78 is 3.50. The first-order chi connectivity index (χ1) is 15.5. The zero-order chi connectivity index (χ0) is 22.2. The molecule has 1 amide bonds. The number of likely N-dealkylation sites (tertiary alicyclic amines) is 1. The molecular formula is C24H25N5O2S. The lowest BCUT2D eigenvalue weighted by molar-refractivity contribution is -0.130. The summed E-state index contributed by atoms with van der Waals surface area (Å²) in [6.07, 6.45) is 2.23. The van der Waals surface area contributed by atoms with Crippen LogP contribution in [0.15, 0.2) is 58.5 Å². The highest BCUT2D eigenvalue weighted by molar-refractivity contribution is 7.99. The van der Waals surface area contributed by atoms with Crippen molar-refractivity contribution >= 4 is 34.3 Å². The third-order valence-electron chi connectivity index (χ3n) is 6.09. The van der Waals surface area contributed by atoms with E-state index in [0.717, 1.165) is 36.3 Å². The van der Waals surface area contributed by atoms with E-state index in [2.05, 4.69) is 17.1 Å². The quantitative estimate of drug-likeness (QED) is 0.446. The first-order valence-corrected chi connectivity index (χ1v) is 11.9. The Balaban J connectivity index is 1.59. The lowest BCUT2D eigenvalue weighted by Crippen LogP contribution is -2.40. The van der Waals surface area contributed by atoms with Gasteiger partial charge in [-0.1, -0.05) is 49.0 Å². The van der Waals surface area contributed by atoms with Crippen LogP contribution in [0.4, 0.5) is 0 Å². The Kier molecular flexibility index (Phi) is 5.46. The summed E-state index contributed by atoms with van der Waals surface area (Å²) in [5, 5.41) is 9.95. The first-order valence-electron chi connectivity index (χ1n) is 10.9. The number of thioether (sulfide) groups is 1. The van der Waals surface area contributed by atoms with Gasteiger partial charge in [-0.15, -0.1) is 10.2 Å². The van der Waals surface area contributed by atoms with Crippen molar-refractivity contribution in [2.75, 3.05) is 18.8 Å². The van der Waals surface area contributed by atoms with E-state index >= 15 is 0 Å². The van der Waals surface area contributed by atoms with E-state index in [4.69, 9.17) is 0 Å². The van der Waals surface area contributed by atoms with Crippen molar-refractivity contribution in [3.63, 3.8) is 0 Å². The van der Waals surface area contributed by atoms with Gasteiger partial charge in [-0.25, -0.2) is 4.57 Å². The number of piperidine rings is 1. The molecule has 1 aliphatic heterocycles. The van der Waals surface area contributed by atoms with Crippen LogP contribution in [0.25, 0.3) is 22.4 Å². The fourth-order valence-corrected chi connectivity index (χ4v) is 5.28. The van der Waals surface area contributed by atoms with Gasteiger partial charge in [-0.05, 0) is 49.4 Å². The van der Waals surface area contributed by atoms with E-state index < -0.39 is 0 Å². The van der Waals surface area contributed by atoms with Crippen molar-refractivity contribution in [1.82, 2.24) is 24.1 Å². The van der Waals surface area contributed by atoms with Crippen molar-refractivity contribution in [2.45, 2.75) is 31.8 Å². The number of hydrogen-bond donors (Lipinski definition) is 0. The monoisotopic (exact) mass is 447 g/mol. The molecule has 0 N–H and O–H groups in total. The second kappa shape index (κ2) is 8.43. The Morgan fingerprint density at radius 2 is 1.91 bits per heavy atom. The number of rotatable bonds is 4. The third-order valence-corrected chi connectivity index (χ3v) is 7.00. The van der Waals surface area contributed by atoms with Crippen molar-refractivity contribution in [3.8, 4) is 5.69 Å². The minimum Gasteiger partial charge on any atom is -0.342 e. The van der Waals surface area contributed by atoms with Crippen LogP contribution in [0, 0.1) is 12.8 Å². The van der Waals surface area contributed by atoms with Crippen molar-refractivity contribution in [3.05, 3.63) is 64.4 Å². The van der Waals surface area contributed by atoms with Crippen molar-refractivity contribution < 1.29 is 4.79 Å². The van der Waals surface area contributed by atoms with Crippen LogP contribution in [0.3, 0.4) is 0 Å². The van der Waals surface area contributed by atoms with Gasteiger partial charge in [-0.3, -0.25) is 14.0 Å². The highest BCUT2D eigenvalue weighted by Crippen LogP contribution is 2.25. The molecular weight excluding hydrogens is 422 g/mol. The summed E-state index contributed by atoms with van der Waals surface area (Å²) in [7, 11) is 0. The molecule has 0 radical (unpaired) electrons. The number of benzene rings is 2. The molecule has 1 fully saturated rings. The maximum absolute atomic E-state index is 13.4. The van der Waals surface area contributed by atoms with Crippen LogP contribution in [0.1, 0.15) is 25.3 Å². The molecule has 1 unspecified atom stereocenters. The average molecular weight is 448 g/mol. The highest BCUT2D eigenvalue weighted by atomic mass is 32.2. The number of nitrogens with zero attached hydrogens (tertiary/aromatic N) is 5. The minimum atomic E-state index is -0.135. The first kappa shape index (κ1) is 20.8. The Hall–Kier alpha value is -3.13. The number of aryl methyl sites for hydroxylation is 1. The van der Waals surface area contributed by atoms with Crippen LogP contribution in [-0.4, -0.2) is 48.8 Å². The SMILES string of the molecule is Cc1ccccc1-n1c(=O)c2ccccc2n2c(SCC(=O)N3CCCC(C)C3)nnc12. The molecule has 1 aliphatic rings. The zero-order valence-electron chi connectivity index (χ0n) is 18.2.